The summed E-state index contributed by atoms with van der Waals surface area (Å²) in [5, 5.41) is 2.92. The minimum atomic E-state index is -0.853. The number of aromatic amines is 1. The molecule has 1 aliphatic carbocycles. The van der Waals surface area contributed by atoms with E-state index in [1.807, 2.05) is 39.0 Å². The molecule has 3 aliphatic rings. The van der Waals surface area contributed by atoms with Crippen LogP contribution in [0.4, 0.5) is 26.0 Å². The van der Waals surface area contributed by atoms with Gasteiger partial charge in [0.05, 0.1) is 24.1 Å². The van der Waals surface area contributed by atoms with Gasteiger partial charge in [-0.15, -0.1) is 24.8 Å². The van der Waals surface area contributed by atoms with Gasteiger partial charge in [0.1, 0.15) is 29.5 Å². The third kappa shape index (κ3) is 9.89. The van der Waals surface area contributed by atoms with Crippen molar-refractivity contribution in [3.63, 3.8) is 0 Å². The maximum Gasteiger partial charge on any atom is 0.343 e. The van der Waals surface area contributed by atoms with Crippen LogP contribution in [-0.2, 0) is 16.0 Å². The molecule has 2 aromatic carbocycles. The number of carbonyl (C=O) groups is 1. The molecule has 57 heavy (non-hydrogen) atoms. The molecule has 310 valence electrons. The number of ether oxygens (including phenoxy) is 2. The summed E-state index contributed by atoms with van der Waals surface area (Å²) >= 11 is 0. The van der Waals surface area contributed by atoms with Crippen LogP contribution >= 0.6 is 24.8 Å². The lowest BCUT2D eigenvalue weighted by molar-refractivity contribution is 0.0195. The SMILES string of the molecule is Cc1ccc(Nc2cc(=O)n(CCCCN3CCN(c4c(F)cc5c(=O)c(C(=O)OCCN6CCOCC6)cn(C6CC6)c5c4F)C[C@H]3C)c(=O)[nH]2)cc1C.Cl.Cl. The number of esters is 1. The maximum atomic E-state index is 16.5. The maximum absolute atomic E-state index is 16.5. The molecule has 17 heteroatoms. The Labute approximate surface area is 341 Å². The molecule has 0 bridgehead atoms. The van der Waals surface area contributed by atoms with Crippen LogP contribution in [0.3, 0.4) is 0 Å². The number of piperazine rings is 1. The molecule has 2 N–H and O–H groups in total. The molecule has 0 unspecified atom stereocenters. The minimum absolute atomic E-state index is 0. The second-order valence-corrected chi connectivity index (χ2v) is 15.0. The van der Waals surface area contributed by atoms with E-state index in [1.165, 1.54) is 16.8 Å². The number of hydrogen-bond acceptors (Lipinski definition) is 10. The molecule has 7 rings (SSSR count). The van der Waals surface area contributed by atoms with E-state index in [9.17, 15) is 19.2 Å². The molecule has 2 saturated heterocycles. The van der Waals surface area contributed by atoms with Crippen LogP contribution in [0.15, 0.2) is 50.9 Å². The lowest BCUT2D eigenvalue weighted by atomic mass is 10.1. The Bertz CT molecular complexity index is 2230. The third-order valence-corrected chi connectivity index (χ3v) is 11.1. The van der Waals surface area contributed by atoms with E-state index in [4.69, 9.17) is 9.47 Å². The zero-order valence-electron chi connectivity index (χ0n) is 32.5. The normalized spacial score (nSPS) is 17.6. The summed E-state index contributed by atoms with van der Waals surface area (Å²) < 4.78 is 46.0. The van der Waals surface area contributed by atoms with Crippen LogP contribution in [0, 0.1) is 25.5 Å². The first-order valence-electron chi connectivity index (χ1n) is 19.2. The van der Waals surface area contributed by atoms with Crippen molar-refractivity contribution in [3.8, 4) is 0 Å². The number of anilines is 3. The number of fused-ring (bicyclic) bond motifs is 1. The average molecular weight is 835 g/mol. The van der Waals surface area contributed by atoms with Gasteiger partial charge in [0, 0.05) is 75.8 Å². The number of aromatic nitrogens is 3. The van der Waals surface area contributed by atoms with Crippen LogP contribution in [-0.4, -0.2) is 102 Å². The van der Waals surface area contributed by atoms with Gasteiger partial charge in [-0.25, -0.2) is 18.4 Å². The highest BCUT2D eigenvalue weighted by Gasteiger charge is 2.33. The number of H-pyrrole nitrogens is 1. The minimum Gasteiger partial charge on any atom is -0.461 e. The Kier molecular flexibility index (Phi) is 14.6. The van der Waals surface area contributed by atoms with Crippen molar-refractivity contribution < 1.29 is 23.0 Å². The number of unbranched alkanes of at least 4 members (excludes halogenated alkanes) is 1. The first-order chi connectivity index (χ1) is 26.5. The third-order valence-electron chi connectivity index (χ3n) is 11.1. The smallest absolute Gasteiger partial charge is 0.343 e. The van der Waals surface area contributed by atoms with Crippen molar-refractivity contribution in [2.45, 2.75) is 65.1 Å². The highest BCUT2D eigenvalue weighted by Crippen LogP contribution is 2.40. The summed E-state index contributed by atoms with van der Waals surface area (Å²) in [5.41, 5.74) is 0.987. The monoisotopic (exact) mass is 833 g/mol. The number of hydrogen-bond donors (Lipinski definition) is 2. The lowest BCUT2D eigenvalue weighted by Crippen LogP contribution is -2.52. The molecule has 2 aromatic heterocycles. The van der Waals surface area contributed by atoms with Gasteiger partial charge in [0.2, 0.25) is 5.43 Å². The summed E-state index contributed by atoms with van der Waals surface area (Å²) in [5.74, 6) is -2.13. The molecule has 1 saturated carbocycles. The van der Waals surface area contributed by atoms with E-state index in [2.05, 4.69) is 20.1 Å². The molecule has 0 amide bonds. The average Bonchev–Trinajstić information content (AvgIpc) is 4.00. The van der Waals surface area contributed by atoms with Gasteiger partial charge in [0.15, 0.2) is 5.82 Å². The number of rotatable bonds is 13. The molecule has 3 fully saturated rings. The van der Waals surface area contributed by atoms with Gasteiger partial charge in [-0.3, -0.25) is 28.9 Å². The molecule has 0 radical (unpaired) electrons. The van der Waals surface area contributed by atoms with Gasteiger partial charge >= 0.3 is 11.7 Å². The van der Waals surface area contributed by atoms with Crippen LogP contribution in [0.1, 0.15) is 60.1 Å². The molecule has 1 atom stereocenters. The van der Waals surface area contributed by atoms with Crippen LogP contribution < -0.4 is 26.9 Å². The summed E-state index contributed by atoms with van der Waals surface area (Å²) in [6.07, 6.45) is 4.19. The first-order valence-corrected chi connectivity index (χ1v) is 19.2. The number of halogens is 4. The number of carbonyl (C=O) groups excluding carboxylic acids is 1. The number of pyridine rings is 1. The number of nitrogens with one attached hydrogen (secondary N) is 2. The summed E-state index contributed by atoms with van der Waals surface area (Å²) in [6, 6.07) is 8.11. The molecule has 0 spiro atoms. The van der Waals surface area contributed by atoms with Crippen molar-refractivity contribution >= 4 is 58.9 Å². The topological polar surface area (TPSA) is 134 Å². The quantitative estimate of drug-likeness (QED) is 0.138. The summed E-state index contributed by atoms with van der Waals surface area (Å²) in [4.78, 5) is 61.0. The lowest BCUT2D eigenvalue weighted by Gasteiger charge is -2.41. The highest BCUT2D eigenvalue weighted by molar-refractivity contribution is 5.95. The van der Waals surface area contributed by atoms with Gasteiger partial charge in [-0.1, -0.05) is 6.07 Å². The molecule has 4 heterocycles. The van der Waals surface area contributed by atoms with Gasteiger partial charge in [0.25, 0.3) is 5.56 Å². The largest absolute Gasteiger partial charge is 0.461 e. The molecule has 13 nitrogen and oxygen atoms in total. The molecular weight excluding hydrogens is 783 g/mol. The van der Waals surface area contributed by atoms with Gasteiger partial charge < -0.3 is 24.3 Å². The molecule has 2 aliphatic heterocycles. The Morgan fingerprint density at radius 3 is 2.37 bits per heavy atom. The summed E-state index contributed by atoms with van der Waals surface area (Å²) in [6.45, 7) is 11.5. The van der Waals surface area contributed by atoms with Crippen molar-refractivity contribution in [3.05, 3.63) is 95.9 Å². The van der Waals surface area contributed by atoms with Crippen LogP contribution in [0.5, 0.6) is 0 Å². The molecule has 4 aromatic rings. The second kappa shape index (κ2) is 19.0. The van der Waals surface area contributed by atoms with Gasteiger partial charge in [-0.2, -0.15) is 0 Å². The van der Waals surface area contributed by atoms with E-state index in [0.29, 0.717) is 64.6 Å². The standard InChI is InChI=1S/C40H49F2N7O6.2ClH/c1-25-6-7-28(20-26(25)2)43-33-22-34(50)48(40(53)44-33)11-5-4-10-46-12-13-47(23-27(46)3)37-32(41)21-30-36(35(37)42)49(29-8-9-29)24-31(38(30)51)39(52)55-19-16-45-14-17-54-18-15-45;;/h6-7,20-22,24,27,29,43H,4-5,8-19,23H2,1-3H3,(H,44,53);2*1H/t27-;;/m1../s1. The Morgan fingerprint density at radius 1 is 0.947 bits per heavy atom. The summed E-state index contributed by atoms with van der Waals surface area (Å²) in [7, 11) is 0. The fourth-order valence-corrected chi connectivity index (χ4v) is 7.57. The Morgan fingerprint density at radius 2 is 1.68 bits per heavy atom. The number of benzene rings is 2. The predicted molar refractivity (Wildman–Crippen MR) is 221 cm³/mol. The number of aryl methyl sites for hydroxylation is 2. The van der Waals surface area contributed by atoms with Crippen molar-refractivity contribution in [1.82, 2.24) is 23.9 Å². The first kappa shape index (κ1) is 43.8. The second-order valence-electron chi connectivity index (χ2n) is 15.0. The van der Waals surface area contributed by atoms with Crippen molar-refractivity contribution in [2.24, 2.45) is 0 Å². The van der Waals surface area contributed by atoms with E-state index in [0.717, 1.165) is 48.8 Å². The fourth-order valence-electron chi connectivity index (χ4n) is 7.57. The van der Waals surface area contributed by atoms with Crippen LogP contribution in [0.2, 0.25) is 0 Å². The Balaban J connectivity index is 0.00000310. The predicted octanol–water partition coefficient (Wildman–Crippen LogP) is 5.15. The van der Waals surface area contributed by atoms with Crippen molar-refractivity contribution in [1.29, 1.82) is 0 Å². The zero-order valence-corrected chi connectivity index (χ0v) is 34.1. The fraction of sp³-hybridized carbons (Fsp3) is 0.500. The molecular formula is C40H51Cl2F2N7O6. The van der Waals surface area contributed by atoms with E-state index in [1.54, 1.807) is 9.47 Å². The van der Waals surface area contributed by atoms with E-state index < -0.39 is 28.7 Å². The van der Waals surface area contributed by atoms with E-state index >= 15 is 8.78 Å². The number of morpholine rings is 1. The van der Waals surface area contributed by atoms with Crippen LogP contribution in [0.25, 0.3) is 10.9 Å². The van der Waals surface area contributed by atoms with Gasteiger partial charge in [-0.05, 0) is 82.3 Å². The zero-order chi connectivity index (χ0) is 38.8. The van der Waals surface area contributed by atoms with E-state index in [-0.39, 0.29) is 77.8 Å². The number of nitrogens with zero attached hydrogens (tertiary/aromatic N) is 5. The van der Waals surface area contributed by atoms with Crippen molar-refractivity contribution in [2.75, 3.05) is 75.9 Å². The Hall–Kier alpha value is -4.28. The highest BCUT2D eigenvalue weighted by atomic mass is 35.5.